The molecule has 0 unspecified atom stereocenters. The predicted molar refractivity (Wildman–Crippen MR) is 80.4 cm³/mol. The standard InChI is InChI=1S/C14H22N2O4S.HI/c1-11-5-7-13(8-6-11)21(19,20)15-12(9-14(17)18)10-16(2,3)4;/h5-8,12,15H,9-10H2,1-4H3;1H/t12-;/m1./s1. The van der Waals surface area contributed by atoms with E-state index in [1.54, 1.807) is 12.1 Å². The van der Waals surface area contributed by atoms with E-state index in [1.165, 1.54) is 12.1 Å². The Morgan fingerprint density at radius 1 is 1.23 bits per heavy atom. The van der Waals surface area contributed by atoms with Gasteiger partial charge in [0.15, 0.2) is 0 Å². The number of carboxylic acid groups (broad SMARTS) is 1. The Hall–Kier alpha value is -0.710. The van der Waals surface area contributed by atoms with E-state index >= 15 is 0 Å². The minimum Gasteiger partial charge on any atom is -1.00 e. The summed E-state index contributed by atoms with van der Waals surface area (Å²) in [6.07, 6.45) is -0.249. The third kappa shape index (κ3) is 7.52. The lowest BCUT2D eigenvalue weighted by molar-refractivity contribution is -0.871. The minimum absolute atomic E-state index is 0. The zero-order chi connectivity index (χ0) is 16.3. The van der Waals surface area contributed by atoms with Crippen LogP contribution in [0.15, 0.2) is 29.2 Å². The summed E-state index contributed by atoms with van der Waals surface area (Å²) in [5.41, 5.74) is 0.961. The number of likely N-dealkylation sites (N-methyl/N-ethyl adjacent to an activating group) is 1. The molecule has 0 radical (unpaired) electrons. The molecule has 0 amide bonds. The number of benzene rings is 1. The number of quaternary nitrogens is 1. The van der Waals surface area contributed by atoms with Crippen LogP contribution in [0.4, 0.5) is 0 Å². The van der Waals surface area contributed by atoms with Gasteiger partial charge in [-0.25, -0.2) is 13.1 Å². The number of carbonyl (C=O) groups is 1. The molecule has 1 atom stereocenters. The van der Waals surface area contributed by atoms with Gasteiger partial charge in [0.2, 0.25) is 10.0 Å². The highest BCUT2D eigenvalue weighted by atomic mass is 127. The number of hydrogen-bond donors (Lipinski definition) is 2. The summed E-state index contributed by atoms with van der Waals surface area (Å²) in [4.78, 5) is 11.1. The predicted octanol–water partition coefficient (Wildman–Crippen LogP) is -2.17. The minimum atomic E-state index is -3.72. The average Bonchev–Trinajstić information content (AvgIpc) is 2.25. The summed E-state index contributed by atoms with van der Waals surface area (Å²) in [5, 5.41) is 8.94. The lowest BCUT2D eigenvalue weighted by atomic mass is 10.2. The average molecular weight is 442 g/mol. The fourth-order valence-electron chi connectivity index (χ4n) is 2.02. The third-order valence-electron chi connectivity index (χ3n) is 2.84. The summed E-state index contributed by atoms with van der Waals surface area (Å²) in [6.45, 7) is 2.26. The SMILES string of the molecule is Cc1ccc(S(=O)(=O)N[C@H](CC(=O)O)C[N+](C)(C)C)cc1.[I-]. The first-order valence-electron chi connectivity index (χ1n) is 6.61. The maximum absolute atomic E-state index is 12.3. The van der Waals surface area contributed by atoms with Crippen molar-refractivity contribution in [1.29, 1.82) is 0 Å². The van der Waals surface area contributed by atoms with Crippen molar-refractivity contribution in [3.8, 4) is 0 Å². The Labute approximate surface area is 149 Å². The van der Waals surface area contributed by atoms with Crippen molar-refractivity contribution >= 4 is 16.0 Å². The summed E-state index contributed by atoms with van der Waals surface area (Å²) in [6, 6.07) is 5.79. The van der Waals surface area contributed by atoms with Crippen molar-refractivity contribution in [3.05, 3.63) is 29.8 Å². The second-order valence-corrected chi connectivity index (χ2v) is 7.92. The number of nitrogens with zero attached hydrogens (tertiary/aromatic N) is 1. The van der Waals surface area contributed by atoms with Crippen LogP contribution in [-0.2, 0) is 14.8 Å². The van der Waals surface area contributed by atoms with E-state index < -0.39 is 22.0 Å². The molecule has 0 aliphatic carbocycles. The second-order valence-electron chi connectivity index (χ2n) is 6.20. The first-order valence-corrected chi connectivity index (χ1v) is 8.09. The van der Waals surface area contributed by atoms with Gasteiger partial charge in [-0.15, -0.1) is 0 Å². The molecule has 1 aromatic carbocycles. The lowest BCUT2D eigenvalue weighted by Crippen LogP contribution is -3.00. The maximum Gasteiger partial charge on any atom is 0.305 e. The Kier molecular flexibility index (Phi) is 7.96. The van der Waals surface area contributed by atoms with Crippen molar-refractivity contribution in [3.63, 3.8) is 0 Å². The summed E-state index contributed by atoms with van der Waals surface area (Å²) in [5.74, 6) is -1.03. The van der Waals surface area contributed by atoms with Crippen LogP contribution in [0.1, 0.15) is 12.0 Å². The molecule has 0 saturated heterocycles. The Bertz CT molecular complexity index is 594. The first kappa shape index (κ1) is 21.3. The van der Waals surface area contributed by atoms with Crippen LogP contribution in [0.25, 0.3) is 0 Å². The van der Waals surface area contributed by atoms with E-state index in [0.717, 1.165) is 5.56 Å². The number of nitrogens with one attached hydrogen (secondary N) is 1. The molecule has 6 nitrogen and oxygen atoms in total. The van der Waals surface area contributed by atoms with E-state index in [0.29, 0.717) is 11.0 Å². The van der Waals surface area contributed by atoms with E-state index in [-0.39, 0.29) is 35.3 Å². The van der Waals surface area contributed by atoms with Crippen LogP contribution in [0, 0.1) is 6.92 Å². The topological polar surface area (TPSA) is 83.5 Å². The monoisotopic (exact) mass is 442 g/mol. The number of rotatable bonds is 7. The Morgan fingerprint density at radius 3 is 2.14 bits per heavy atom. The van der Waals surface area contributed by atoms with Gasteiger partial charge in [0.1, 0.15) is 0 Å². The zero-order valence-electron chi connectivity index (χ0n) is 13.2. The summed E-state index contributed by atoms with van der Waals surface area (Å²) < 4.78 is 27.6. The molecule has 0 fully saturated rings. The van der Waals surface area contributed by atoms with Crippen LogP contribution in [0.2, 0.25) is 0 Å². The van der Waals surface area contributed by atoms with Crippen LogP contribution < -0.4 is 28.7 Å². The van der Waals surface area contributed by atoms with Gasteiger partial charge in [0.05, 0.1) is 45.0 Å². The van der Waals surface area contributed by atoms with Crippen molar-refractivity contribution < 1.29 is 46.8 Å². The highest BCUT2D eigenvalue weighted by Crippen LogP contribution is 2.12. The van der Waals surface area contributed by atoms with Gasteiger partial charge < -0.3 is 33.6 Å². The summed E-state index contributed by atoms with van der Waals surface area (Å²) in [7, 11) is 1.93. The smallest absolute Gasteiger partial charge is 0.305 e. The fraction of sp³-hybridized carbons (Fsp3) is 0.500. The van der Waals surface area contributed by atoms with Gasteiger partial charge in [0, 0.05) is 0 Å². The third-order valence-corrected chi connectivity index (χ3v) is 4.38. The van der Waals surface area contributed by atoms with Crippen LogP contribution >= 0.6 is 0 Å². The van der Waals surface area contributed by atoms with Crippen molar-refractivity contribution in [1.82, 2.24) is 4.72 Å². The fourth-order valence-corrected chi connectivity index (χ4v) is 3.25. The molecule has 1 rings (SSSR count). The van der Waals surface area contributed by atoms with Gasteiger partial charge in [-0.3, -0.25) is 4.79 Å². The number of sulfonamides is 1. The molecule has 8 heteroatoms. The van der Waals surface area contributed by atoms with Gasteiger partial charge in [-0.1, -0.05) is 17.7 Å². The number of aryl methyl sites for hydroxylation is 1. The largest absolute Gasteiger partial charge is 1.00 e. The molecule has 1 aromatic rings. The van der Waals surface area contributed by atoms with E-state index in [2.05, 4.69) is 4.72 Å². The van der Waals surface area contributed by atoms with Gasteiger partial charge >= 0.3 is 5.97 Å². The number of carboxylic acids is 1. The number of hydrogen-bond acceptors (Lipinski definition) is 3. The molecule has 0 bridgehead atoms. The molecular formula is C14H23IN2O4S. The highest BCUT2D eigenvalue weighted by molar-refractivity contribution is 7.89. The van der Waals surface area contributed by atoms with Gasteiger partial charge in [-0.05, 0) is 19.1 Å². The van der Waals surface area contributed by atoms with E-state index in [4.69, 9.17) is 5.11 Å². The summed E-state index contributed by atoms with van der Waals surface area (Å²) >= 11 is 0. The van der Waals surface area contributed by atoms with Crippen LogP contribution in [0.5, 0.6) is 0 Å². The van der Waals surface area contributed by atoms with E-state index in [9.17, 15) is 13.2 Å². The zero-order valence-corrected chi connectivity index (χ0v) is 16.2. The molecule has 0 aliphatic rings. The molecule has 0 aliphatic heterocycles. The number of aliphatic carboxylic acids is 1. The molecule has 126 valence electrons. The number of halogens is 1. The van der Waals surface area contributed by atoms with Crippen LogP contribution in [0.3, 0.4) is 0 Å². The van der Waals surface area contributed by atoms with Crippen molar-refractivity contribution in [2.45, 2.75) is 24.3 Å². The Balaban J connectivity index is 0.00000441. The quantitative estimate of drug-likeness (QED) is 0.372. The molecular weight excluding hydrogens is 419 g/mol. The lowest BCUT2D eigenvalue weighted by Gasteiger charge is -2.29. The molecule has 22 heavy (non-hydrogen) atoms. The first-order chi connectivity index (χ1) is 9.49. The van der Waals surface area contributed by atoms with Gasteiger partial charge in [-0.2, -0.15) is 0 Å². The molecule has 2 N–H and O–H groups in total. The van der Waals surface area contributed by atoms with Crippen molar-refractivity contribution in [2.75, 3.05) is 27.7 Å². The highest BCUT2D eigenvalue weighted by Gasteiger charge is 2.26. The molecule has 0 heterocycles. The van der Waals surface area contributed by atoms with Crippen molar-refractivity contribution in [2.24, 2.45) is 0 Å². The molecule has 0 aromatic heterocycles. The second kappa shape index (κ2) is 8.23. The maximum atomic E-state index is 12.3. The normalized spacial score (nSPS) is 13.3. The van der Waals surface area contributed by atoms with Crippen LogP contribution in [-0.4, -0.2) is 57.7 Å². The van der Waals surface area contributed by atoms with E-state index in [1.807, 2.05) is 28.1 Å². The van der Waals surface area contributed by atoms with Gasteiger partial charge in [0.25, 0.3) is 0 Å². The Morgan fingerprint density at radius 2 is 1.73 bits per heavy atom. The molecule has 0 saturated carbocycles. The molecule has 0 spiro atoms.